The van der Waals surface area contributed by atoms with Crippen LogP contribution in [0, 0.1) is 18.6 Å². The van der Waals surface area contributed by atoms with Gasteiger partial charge in [-0.25, -0.2) is 13.6 Å². The Morgan fingerprint density at radius 2 is 2.03 bits per heavy atom. The summed E-state index contributed by atoms with van der Waals surface area (Å²) < 4.78 is 30.1. The zero-order valence-electron chi connectivity index (χ0n) is 20.0. The first-order valence-corrected chi connectivity index (χ1v) is 12.7. The molecular weight excluding hydrogens is 486 g/mol. The Bertz CT molecular complexity index is 1460. The van der Waals surface area contributed by atoms with Gasteiger partial charge in [0.1, 0.15) is 17.5 Å². The zero-order valence-corrected chi connectivity index (χ0v) is 20.8. The highest BCUT2D eigenvalue weighted by molar-refractivity contribution is 7.99. The Morgan fingerprint density at radius 3 is 2.72 bits per heavy atom. The van der Waals surface area contributed by atoms with Crippen molar-refractivity contribution in [2.45, 2.75) is 37.4 Å². The normalized spacial score (nSPS) is 19.9. The van der Waals surface area contributed by atoms with Crippen molar-refractivity contribution < 1.29 is 18.7 Å². The average molecular weight is 513 g/mol. The summed E-state index contributed by atoms with van der Waals surface area (Å²) >= 11 is 1.35. The third-order valence-corrected chi connectivity index (χ3v) is 8.03. The monoisotopic (exact) mass is 512 g/mol. The smallest absolute Gasteiger partial charge is 0.350 e. The summed E-state index contributed by atoms with van der Waals surface area (Å²) in [5.41, 5.74) is 1.61. The quantitative estimate of drug-likeness (QED) is 0.543. The topological polar surface area (TPSA) is 78.7 Å². The van der Waals surface area contributed by atoms with E-state index in [0.29, 0.717) is 52.6 Å². The van der Waals surface area contributed by atoms with E-state index in [-0.39, 0.29) is 24.1 Å². The zero-order chi connectivity index (χ0) is 25.7. The lowest BCUT2D eigenvalue weighted by Crippen LogP contribution is -2.54. The van der Waals surface area contributed by atoms with Crippen molar-refractivity contribution in [3.8, 4) is 11.1 Å². The Hall–Kier alpha value is -3.24. The predicted molar refractivity (Wildman–Crippen MR) is 136 cm³/mol. The van der Waals surface area contributed by atoms with Gasteiger partial charge < -0.3 is 14.9 Å². The number of aromatic nitrogens is 2. The van der Waals surface area contributed by atoms with Crippen molar-refractivity contribution in [3.63, 3.8) is 0 Å². The van der Waals surface area contributed by atoms with Gasteiger partial charge >= 0.3 is 5.69 Å². The largest absolute Gasteiger partial charge is 0.390 e. The lowest BCUT2D eigenvalue weighted by molar-refractivity contribution is -0.126. The van der Waals surface area contributed by atoms with E-state index in [2.05, 4.69) is 11.6 Å². The molecule has 1 fully saturated rings. The maximum Gasteiger partial charge on any atom is 0.350 e. The molecule has 0 saturated carbocycles. The second kappa shape index (κ2) is 9.33. The first kappa shape index (κ1) is 24.5. The number of nitrogens with zero attached hydrogens (tertiary/aromatic N) is 4. The van der Waals surface area contributed by atoms with E-state index >= 15 is 0 Å². The molecule has 1 amide bonds. The number of aryl methyl sites for hydroxylation is 1. The fourth-order valence-corrected chi connectivity index (χ4v) is 6.36. The van der Waals surface area contributed by atoms with Crippen LogP contribution in [0.2, 0.25) is 0 Å². The van der Waals surface area contributed by atoms with Crippen LogP contribution in [0.25, 0.3) is 22.0 Å². The Balaban J connectivity index is 1.75. The van der Waals surface area contributed by atoms with Crippen molar-refractivity contribution in [1.82, 2.24) is 14.5 Å². The van der Waals surface area contributed by atoms with Gasteiger partial charge in [0.2, 0.25) is 5.91 Å². The van der Waals surface area contributed by atoms with Gasteiger partial charge in [-0.15, -0.1) is 11.8 Å². The number of hydrogen-bond acceptors (Lipinski definition) is 6. The van der Waals surface area contributed by atoms with Crippen molar-refractivity contribution in [2.24, 2.45) is 0 Å². The van der Waals surface area contributed by atoms with Gasteiger partial charge in [0.25, 0.3) is 0 Å². The van der Waals surface area contributed by atoms with Gasteiger partial charge in [0.05, 0.1) is 18.2 Å². The number of carbonyl (C=O) groups is 1. The Labute approximate surface area is 211 Å². The summed E-state index contributed by atoms with van der Waals surface area (Å²) in [4.78, 5) is 34.2. The number of aliphatic hydroxyl groups is 1. The van der Waals surface area contributed by atoms with Gasteiger partial charge in [0.15, 0.2) is 0 Å². The molecule has 2 aromatic carbocycles. The molecule has 0 aliphatic carbocycles. The van der Waals surface area contributed by atoms with Crippen molar-refractivity contribution in [2.75, 3.05) is 30.3 Å². The molecule has 1 aromatic heterocycles. The summed E-state index contributed by atoms with van der Waals surface area (Å²) in [6, 6.07) is 5.22. The molecule has 36 heavy (non-hydrogen) atoms. The fourth-order valence-electron chi connectivity index (χ4n) is 5.12. The molecule has 3 heterocycles. The van der Waals surface area contributed by atoms with Gasteiger partial charge in [-0.05, 0) is 43.7 Å². The van der Waals surface area contributed by atoms with E-state index < -0.39 is 23.4 Å². The summed E-state index contributed by atoms with van der Waals surface area (Å²) in [7, 11) is 0. The van der Waals surface area contributed by atoms with E-state index in [0.717, 1.165) is 11.6 Å². The first-order chi connectivity index (χ1) is 17.2. The molecule has 0 radical (unpaired) electrons. The molecule has 2 atom stereocenters. The highest BCUT2D eigenvalue weighted by Gasteiger charge is 2.31. The van der Waals surface area contributed by atoms with Crippen LogP contribution < -0.4 is 10.6 Å². The van der Waals surface area contributed by atoms with Crippen molar-refractivity contribution in [1.29, 1.82) is 0 Å². The lowest BCUT2D eigenvalue weighted by atomic mass is 9.97. The molecule has 7 nitrogen and oxygen atoms in total. The van der Waals surface area contributed by atoms with E-state index in [1.165, 1.54) is 34.5 Å². The van der Waals surface area contributed by atoms with E-state index in [1.807, 2.05) is 24.8 Å². The maximum atomic E-state index is 14.9. The van der Waals surface area contributed by atoms with E-state index in [4.69, 9.17) is 0 Å². The fraction of sp³-hybridized carbons (Fsp3) is 0.346. The first-order valence-electron chi connectivity index (χ1n) is 11.7. The number of thioether (sulfide) groups is 1. The molecule has 0 unspecified atom stereocenters. The minimum absolute atomic E-state index is 0.0637. The van der Waals surface area contributed by atoms with E-state index in [1.54, 1.807) is 4.90 Å². The summed E-state index contributed by atoms with van der Waals surface area (Å²) in [5.74, 6) is -0.704. The molecule has 1 N–H and O–H groups in total. The molecule has 188 valence electrons. The number of aliphatic hydroxyl groups excluding tert-OH is 1. The molecule has 0 spiro atoms. The number of hydrogen-bond donors (Lipinski definition) is 1. The van der Waals surface area contributed by atoms with Crippen molar-refractivity contribution in [3.05, 3.63) is 64.6 Å². The van der Waals surface area contributed by atoms with Gasteiger partial charge in [-0.3, -0.25) is 9.36 Å². The lowest BCUT2D eigenvalue weighted by Gasteiger charge is -2.40. The highest BCUT2D eigenvalue weighted by Crippen LogP contribution is 2.44. The molecule has 1 saturated heterocycles. The predicted octanol–water partition coefficient (Wildman–Crippen LogP) is 3.34. The number of halogens is 2. The van der Waals surface area contributed by atoms with Crippen LogP contribution in [0.15, 0.2) is 46.6 Å². The third-order valence-electron chi connectivity index (χ3n) is 6.80. The number of piperazine rings is 1. The molecule has 2 aliphatic rings. The number of carbonyl (C=O) groups excluding carboxylic acids is 1. The second-order valence-electron chi connectivity index (χ2n) is 9.24. The third kappa shape index (κ3) is 4.08. The summed E-state index contributed by atoms with van der Waals surface area (Å²) in [6.07, 6.45) is 0.496. The Kier molecular flexibility index (Phi) is 6.34. The molecule has 3 aromatic rings. The van der Waals surface area contributed by atoms with Crippen LogP contribution in [-0.2, 0) is 11.3 Å². The SMILES string of the molecule is C=CC(=O)N1CCN(c2nc(=O)n3c4c(c(-c5ccc(F)cc5F)c(C)cc24)SC[C@@H](O)C3)[C@@H](C)C1. The highest BCUT2D eigenvalue weighted by atomic mass is 32.2. The summed E-state index contributed by atoms with van der Waals surface area (Å²) in [5, 5.41) is 11.2. The van der Waals surface area contributed by atoms with Crippen LogP contribution in [0.1, 0.15) is 12.5 Å². The van der Waals surface area contributed by atoms with Crippen molar-refractivity contribution >= 4 is 34.4 Å². The molecular formula is C26H26F2N4O3S. The maximum absolute atomic E-state index is 14.9. The standard InChI is InChI=1S/C26H26F2N4O3S/c1-4-21(34)30-7-8-31(15(3)11-30)25-19-9-14(2)22(18-6-5-16(27)10-20(18)28)24-23(19)32(26(35)29-25)12-17(33)13-36-24/h4-6,9-10,15,17,33H,1,7-8,11-13H2,2-3H3/t15-,17-/m0/s1. The van der Waals surface area contributed by atoms with Crippen LogP contribution in [0.5, 0.6) is 0 Å². The van der Waals surface area contributed by atoms with Crippen LogP contribution in [-0.4, -0.2) is 63.0 Å². The molecule has 10 heteroatoms. The van der Waals surface area contributed by atoms with E-state index in [9.17, 15) is 23.5 Å². The number of amides is 1. The average Bonchev–Trinajstić information content (AvgIpc) is 3.01. The minimum Gasteiger partial charge on any atom is -0.390 e. The second-order valence-corrected chi connectivity index (χ2v) is 10.3. The van der Waals surface area contributed by atoms with Gasteiger partial charge in [0, 0.05) is 58.9 Å². The number of benzene rings is 2. The Morgan fingerprint density at radius 1 is 1.25 bits per heavy atom. The van der Waals surface area contributed by atoms with Crippen LogP contribution in [0.3, 0.4) is 0 Å². The van der Waals surface area contributed by atoms with Gasteiger partial charge in [-0.2, -0.15) is 4.98 Å². The number of anilines is 1. The van der Waals surface area contributed by atoms with Crippen LogP contribution >= 0.6 is 11.8 Å². The van der Waals surface area contributed by atoms with Gasteiger partial charge in [-0.1, -0.05) is 6.58 Å². The molecule has 2 aliphatic heterocycles. The minimum atomic E-state index is -0.797. The molecule has 0 bridgehead atoms. The summed E-state index contributed by atoms with van der Waals surface area (Å²) in [6.45, 7) is 8.83. The number of rotatable bonds is 3. The molecule has 5 rings (SSSR count). The van der Waals surface area contributed by atoms with Crippen LogP contribution in [0.4, 0.5) is 14.6 Å².